The Balaban J connectivity index is 1.85. The number of nitrogens with one attached hydrogen (secondary N) is 1. The van der Waals surface area contributed by atoms with Gasteiger partial charge in [-0.1, -0.05) is 41.9 Å². The van der Waals surface area contributed by atoms with E-state index in [2.05, 4.69) is 10.5 Å². The first-order valence-corrected chi connectivity index (χ1v) is 6.80. The second kappa shape index (κ2) is 7.45. The fourth-order valence-corrected chi connectivity index (χ4v) is 1.73. The van der Waals surface area contributed by atoms with Crippen LogP contribution in [-0.4, -0.2) is 18.2 Å². The minimum absolute atomic E-state index is 0.0819. The van der Waals surface area contributed by atoms with Gasteiger partial charge in [-0.15, -0.1) is 0 Å². The van der Waals surface area contributed by atoms with Crippen molar-refractivity contribution in [2.45, 2.75) is 6.92 Å². The van der Waals surface area contributed by atoms with Crippen LogP contribution in [0.15, 0.2) is 59.7 Å². The van der Waals surface area contributed by atoms with Gasteiger partial charge in [0.2, 0.25) is 0 Å². The van der Waals surface area contributed by atoms with Crippen LogP contribution >= 0.6 is 11.6 Å². The molecule has 2 rings (SSSR count). The molecule has 4 nitrogen and oxygen atoms in total. The zero-order chi connectivity index (χ0) is 15.1. The number of amides is 1. The van der Waals surface area contributed by atoms with Crippen LogP contribution in [0.2, 0.25) is 5.02 Å². The number of hydrazone groups is 1. The van der Waals surface area contributed by atoms with Crippen molar-refractivity contribution < 1.29 is 9.53 Å². The Morgan fingerprint density at radius 2 is 1.81 bits per heavy atom. The monoisotopic (exact) mass is 302 g/mol. The SMILES string of the molecule is C/C(=N\NC(=O)COc1ccccc1)c1ccc(Cl)cc1. The van der Waals surface area contributed by atoms with E-state index < -0.39 is 0 Å². The zero-order valence-electron chi connectivity index (χ0n) is 11.5. The fourth-order valence-electron chi connectivity index (χ4n) is 1.60. The molecule has 21 heavy (non-hydrogen) atoms. The van der Waals surface area contributed by atoms with Gasteiger partial charge >= 0.3 is 0 Å². The topological polar surface area (TPSA) is 50.7 Å². The van der Waals surface area contributed by atoms with Gasteiger partial charge in [-0.3, -0.25) is 4.79 Å². The maximum absolute atomic E-state index is 11.6. The summed E-state index contributed by atoms with van der Waals surface area (Å²) < 4.78 is 5.32. The Morgan fingerprint density at radius 1 is 1.14 bits per heavy atom. The lowest BCUT2D eigenvalue weighted by atomic mass is 10.1. The molecule has 0 saturated heterocycles. The van der Waals surface area contributed by atoms with E-state index in [0.717, 1.165) is 5.56 Å². The molecule has 5 heteroatoms. The predicted molar refractivity (Wildman–Crippen MR) is 83.7 cm³/mol. The minimum Gasteiger partial charge on any atom is -0.484 e. The molecule has 0 bridgehead atoms. The number of carbonyl (C=O) groups excluding carboxylic acids is 1. The van der Waals surface area contributed by atoms with E-state index in [1.54, 1.807) is 24.3 Å². The first-order valence-electron chi connectivity index (χ1n) is 6.42. The van der Waals surface area contributed by atoms with Gasteiger partial charge in [-0.2, -0.15) is 5.10 Å². The predicted octanol–water partition coefficient (Wildman–Crippen LogP) is 3.26. The lowest BCUT2D eigenvalue weighted by Crippen LogP contribution is -2.25. The summed E-state index contributed by atoms with van der Waals surface area (Å²) in [5.74, 6) is 0.332. The van der Waals surface area contributed by atoms with Crippen LogP contribution in [0, 0.1) is 0 Å². The lowest BCUT2D eigenvalue weighted by molar-refractivity contribution is -0.123. The Bertz CT molecular complexity index is 624. The van der Waals surface area contributed by atoms with E-state index in [9.17, 15) is 4.79 Å². The highest BCUT2D eigenvalue weighted by atomic mass is 35.5. The Morgan fingerprint density at radius 3 is 2.48 bits per heavy atom. The van der Waals surface area contributed by atoms with E-state index in [1.807, 2.05) is 37.3 Å². The summed E-state index contributed by atoms with van der Waals surface area (Å²) in [5, 5.41) is 4.69. The van der Waals surface area contributed by atoms with Gasteiger partial charge in [0.1, 0.15) is 5.75 Å². The van der Waals surface area contributed by atoms with E-state index >= 15 is 0 Å². The van der Waals surface area contributed by atoms with Crippen LogP contribution in [0.1, 0.15) is 12.5 Å². The molecule has 0 aromatic heterocycles. The maximum Gasteiger partial charge on any atom is 0.277 e. The van der Waals surface area contributed by atoms with Crippen molar-refractivity contribution in [2.75, 3.05) is 6.61 Å². The van der Waals surface area contributed by atoms with Gasteiger partial charge in [-0.05, 0) is 36.8 Å². The molecule has 1 amide bonds. The molecule has 0 fully saturated rings. The third kappa shape index (κ3) is 4.93. The molecule has 0 radical (unpaired) electrons. The summed E-state index contributed by atoms with van der Waals surface area (Å²) in [6, 6.07) is 16.4. The number of benzene rings is 2. The normalized spacial score (nSPS) is 11.0. The average molecular weight is 303 g/mol. The van der Waals surface area contributed by atoms with Crippen molar-refractivity contribution in [1.82, 2.24) is 5.43 Å². The van der Waals surface area contributed by atoms with Crippen molar-refractivity contribution in [3.05, 3.63) is 65.2 Å². The molecule has 2 aromatic carbocycles. The van der Waals surface area contributed by atoms with Crippen molar-refractivity contribution in [3.63, 3.8) is 0 Å². The molecular weight excluding hydrogens is 288 g/mol. The Hall–Kier alpha value is -2.33. The van der Waals surface area contributed by atoms with Crippen LogP contribution < -0.4 is 10.2 Å². The number of halogens is 1. The summed E-state index contributed by atoms with van der Waals surface area (Å²) in [6.45, 7) is 1.73. The number of nitrogens with zero attached hydrogens (tertiary/aromatic N) is 1. The highest BCUT2D eigenvalue weighted by Crippen LogP contribution is 2.10. The number of hydrogen-bond acceptors (Lipinski definition) is 3. The molecule has 0 spiro atoms. The van der Waals surface area contributed by atoms with Gasteiger partial charge in [0.15, 0.2) is 6.61 Å². The van der Waals surface area contributed by atoms with Crippen molar-refractivity contribution in [2.24, 2.45) is 5.10 Å². The third-order valence-corrected chi connectivity index (χ3v) is 2.98. The number of carbonyl (C=O) groups is 1. The molecule has 1 N–H and O–H groups in total. The highest BCUT2D eigenvalue weighted by molar-refractivity contribution is 6.30. The summed E-state index contributed by atoms with van der Waals surface area (Å²) in [5.41, 5.74) is 4.04. The Kier molecular flexibility index (Phi) is 5.35. The average Bonchev–Trinajstić information content (AvgIpc) is 2.52. The van der Waals surface area contributed by atoms with Gasteiger partial charge in [0.05, 0.1) is 5.71 Å². The minimum atomic E-state index is -0.313. The number of hydrogen-bond donors (Lipinski definition) is 1. The standard InChI is InChI=1S/C16H15ClN2O2/c1-12(13-7-9-14(17)10-8-13)18-19-16(20)11-21-15-5-3-2-4-6-15/h2-10H,11H2,1H3,(H,19,20)/b18-12+. The molecular formula is C16H15ClN2O2. The lowest BCUT2D eigenvalue weighted by Gasteiger charge is -2.05. The van der Waals surface area contributed by atoms with Gasteiger partial charge in [-0.25, -0.2) is 5.43 Å². The van der Waals surface area contributed by atoms with Crippen LogP contribution in [0.5, 0.6) is 5.75 Å². The Labute approximate surface area is 128 Å². The molecule has 0 unspecified atom stereocenters. The van der Waals surface area contributed by atoms with Gasteiger partial charge in [0, 0.05) is 5.02 Å². The molecule has 0 aliphatic heterocycles. The van der Waals surface area contributed by atoms with Crippen molar-refractivity contribution >= 4 is 23.2 Å². The van der Waals surface area contributed by atoms with Crippen LogP contribution in [-0.2, 0) is 4.79 Å². The largest absolute Gasteiger partial charge is 0.484 e. The molecule has 0 aliphatic carbocycles. The molecule has 0 atom stereocenters. The molecule has 108 valence electrons. The van der Waals surface area contributed by atoms with E-state index in [4.69, 9.17) is 16.3 Å². The molecule has 0 saturated carbocycles. The fraction of sp³-hybridized carbons (Fsp3) is 0.125. The third-order valence-electron chi connectivity index (χ3n) is 2.72. The first-order chi connectivity index (χ1) is 10.1. The van der Waals surface area contributed by atoms with Gasteiger partial charge < -0.3 is 4.74 Å². The molecule has 2 aromatic rings. The maximum atomic E-state index is 11.6. The molecule has 0 heterocycles. The molecule has 0 aliphatic rings. The van der Waals surface area contributed by atoms with Crippen molar-refractivity contribution in [3.8, 4) is 5.75 Å². The van der Waals surface area contributed by atoms with E-state index in [-0.39, 0.29) is 12.5 Å². The number of rotatable bonds is 5. The second-order valence-electron chi connectivity index (χ2n) is 4.34. The number of para-hydroxylation sites is 1. The number of ether oxygens (including phenoxy) is 1. The quantitative estimate of drug-likeness (QED) is 0.681. The van der Waals surface area contributed by atoms with Crippen molar-refractivity contribution in [1.29, 1.82) is 0 Å². The summed E-state index contributed by atoms with van der Waals surface area (Å²) in [6.07, 6.45) is 0. The first kappa shape index (κ1) is 15.1. The smallest absolute Gasteiger partial charge is 0.277 e. The zero-order valence-corrected chi connectivity index (χ0v) is 12.3. The summed E-state index contributed by atoms with van der Waals surface area (Å²) >= 11 is 5.82. The van der Waals surface area contributed by atoms with E-state index in [0.29, 0.717) is 16.5 Å². The van der Waals surface area contributed by atoms with Crippen LogP contribution in [0.3, 0.4) is 0 Å². The summed E-state index contributed by atoms with van der Waals surface area (Å²) in [7, 11) is 0. The second-order valence-corrected chi connectivity index (χ2v) is 4.78. The summed E-state index contributed by atoms with van der Waals surface area (Å²) in [4.78, 5) is 11.6. The highest BCUT2D eigenvalue weighted by Gasteiger charge is 2.02. The van der Waals surface area contributed by atoms with E-state index in [1.165, 1.54) is 0 Å². The van der Waals surface area contributed by atoms with Crippen LogP contribution in [0.4, 0.5) is 0 Å². The van der Waals surface area contributed by atoms with Crippen LogP contribution in [0.25, 0.3) is 0 Å². The van der Waals surface area contributed by atoms with Gasteiger partial charge in [0.25, 0.3) is 5.91 Å².